The maximum absolute atomic E-state index is 13.7. The summed E-state index contributed by atoms with van der Waals surface area (Å²) in [6.45, 7) is 13.2. The lowest BCUT2D eigenvalue weighted by Gasteiger charge is -2.47. The molecule has 2 unspecified atom stereocenters. The van der Waals surface area contributed by atoms with E-state index < -0.39 is 5.54 Å². The zero-order valence-corrected chi connectivity index (χ0v) is 23.7. The van der Waals surface area contributed by atoms with E-state index in [0.29, 0.717) is 18.9 Å². The second-order valence-electron chi connectivity index (χ2n) is 12.2. The largest absolute Gasteiger partial charge is 0.349 e. The Morgan fingerprint density at radius 1 is 1.00 bits per heavy atom. The molecular weight excluding hydrogens is 470 g/mol. The van der Waals surface area contributed by atoms with Crippen LogP contribution in [-0.4, -0.2) is 40.9 Å². The third kappa shape index (κ3) is 6.37. The second kappa shape index (κ2) is 11.9. The van der Waals surface area contributed by atoms with Gasteiger partial charge in [0.05, 0.1) is 0 Å². The quantitative estimate of drug-likeness (QED) is 0.412. The van der Waals surface area contributed by atoms with Gasteiger partial charge in [0, 0.05) is 18.5 Å². The van der Waals surface area contributed by atoms with Crippen molar-refractivity contribution in [1.82, 2.24) is 15.5 Å². The Hall–Kier alpha value is -2.92. The number of amides is 2. The number of likely N-dealkylation sites (tertiary alicyclic amines) is 1. The Morgan fingerprint density at radius 3 is 2.34 bits per heavy atom. The van der Waals surface area contributed by atoms with Gasteiger partial charge in [0.15, 0.2) is 0 Å². The average molecular weight is 516 g/mol. The molecule has 2 aromatic rings. The van der Waals surface area contributed by atoms with Gasteiger partial charge in [-0.15, -0.1) is 6.58 Å². The van der Waals surface area contributed by atoms with Gasteiger partial charge in [-0.2, -0.15) is 0 Å². The van der Waals surface area contributed by atoms with Crippen molar-refractivity contribution in [2.24, 2.45) is 5.92 Å². The number of carbonyl (C=O) groups is 2. The number of nitrogens with zero attached hydrogens (tertiary/aromatic N) is 1. The summed E-state index contributed by atoms with van der Waals surface area (Å²) in [5, 5.41) is 6.31. The van der Waals surface area contributed by atoms with Gasteiger partial charge in [-0.05, 0) is 107 Å². The van der Waals surface area contributed by atoms with Crippen LogP contribution in [0.1, 0.15) is 83.4 Å². The summed E-state index contributed by atoms with van der Waals surface area (Å²) in [6.07, 6.45) is 8.34. The summed E-state index contributed by atoms with van der Waals surface area (Å²) >= 11 is 0. The molecule has 2 amide bonds. The molecule has 0 aromatic heterocycles. The van der Waals surface area contributed by atoms with Crippen LogP contribution < -0.4 is 10.6 Å². The Morgan fingerprint density at radius 2 is 1.71 bits per heavy atom. The van der Waals surface area contributed by atoms with E-state index >= 15 is 0 Å². The number of carbonyl (C=O) groups excluding carboxylic acids is 2. The van der Waals surface area contributed by atoms with Crippen molar-refractivity contribution >= 4 is 11.8 Å². The molecule has 38 heavy (non-hydrogen) atoms. The smallest absolute Gasteiger partial charge is 0.246 e. The first kappa shape index (κ1) is 28.1. The highest BCUT2D eigenvalue weighted by Crippen LogP contribution is 2.40. The monoisotopic (exact) mass is 515 g/mol. The molecule has 1 aliphatic carbocycles. The number of benzene rings is 2. The molecule has 2 atom stereocenters. The standard InChI is InChI=1S/C33H45N3O2/c1-6-7-20-33(34-24(2)37,31(38)35-32(3,4)5)28-18-21-36(22-19-28)30-15-11-14-27-23-26(16-17-29(27)30)25-12-9-8-10-13-25/h6,8-10,12-13,16-17,23,28,30H,1,7,11,14-15,18-22H2,2-5H3,(H,34,37)(H,35,38). The van der Waals surface area contributed by atoms with Gasteiger partial charge >= 0.3 is 0 Å². The molecule has 1 heterocycles. The summed E-state index contributed by atoms with van der Waals surface area (Å²) in [5.74, 6) is -0.151. The third-order valence-corrected chi connectivity index (χ3v) is 8.24. The van der Waals surface area contributed by atoms with E-state index in [0.717, 1.165) is 32.4 Å². The minimum Gasteiger partial charge on any atom is -0.349 e. The molecule has 0 spiro atoms. The molecule has 1 fully saturated rings. The minimum absolute atomic E-state index is 0.0723. The SMILES string of the molecule is C=CCCC(NC(C)=O)(C(=O)NC(C)(C)C)C1CCN(C2CCCc3cc(-c4ccccc4)ccc32)CC1. The Bertz CT molecular complexity index is 1130. The number of fused-ring (bicyclic) bond motifs is 1. The van der Waals surface area contributed by atoms with Crippen molar-refractivity contribution in [2.45, 2.75) is 89.8 Å². The van der Waals surface area contributed by atoms with Crippen molar-refractivity contribution in [2.75, 3.05) is 13.1 Å². The molecule has 5 nitrogen and oxygen atoms in total. The van der Waals surface area contributed by atoms with Crippen molar-refractivity contribution in [1.29, 1.82) is 0 Å². The molecular formula is C33H45N3O2. The van der Waals surface area contributed by atoms with E-state index in [-0.39, 0.29) is 23.3 Å². The second-order valence-corrected chi connectivity index (χ2v) is 12.2. The lowest BCUT2D eigenvalue weighted by Crippen LogP contribution is -2.66. The molecule has 0 saturated carbocycles. The molecule has 5 heteroatoms. The number of rotatable bonds is 8. The van der Waals surface area contributed by atoms with Crippen LogP contribution in [0.3, 0.4) is 0 Å². The summed E-state index contributed by atoms with van der Waals surface area (Å²) in [4.78, 5) is 28.7. The van der Waals surface area contributed by atoms with Crippen molar-refractivity contribution in [3.8, 4) is 11.1 Å². The van der Waals surface area contributed by atoms with Gasteiger partial charge < -0.3 is 10.6 Å². The Balaban J connectivity index is 1.53. The van der Waals surface area contributed by atoms with Crippen LogP contribution in [-0.2, 0) is 16.0 Å². The molecule has 1 aliphatic heterocycles. The van der Waals surface area contributed by atoms with Crippen LogP contribution in [0, 0.1) is 5.92 Å². The van der Waals surface area contributed by atoms with Gasteiger partial charge in [-0.1, -0.05) is 54.6 Å². The highest BCUT2D eigenvalue weighted by Gasteiger charge is 2.48. The normalized spacial score (nSPS) is 20.2. The molecule has 1 saturated heterocycles. The first-order valence-electron chi connectivity index (χ1n) is 14.3. The lowest BCUT2D eigenvalue weighted by molar-refractivity contribution is -0.138. The Labute approximate surface area is 229 Å². The highest BCUT2D eigenvalue weighted by atomic mass is 16.2. The molecule has 2 aliphatic rings. The molecule has 204 valence electrons. The van der Waals surface area contributed by atoms with Gasteiger partial charge in [0.25, 0.3) is 0 Å². The third-order valence-electron chi connectivity index (χ3n) is 8.24. The van der Waals surface area contributed by atoms with Crippen LogP contribution in [0.15, 0.2) is 61.2 Å². The van der Waals surface area contributed by atoms with E-state index in [4.69, 9.17) is 0 Å². The van der Waals surface area contributed by atoms with Gasteiger partial charge in [-0.3, -0.25) is 14.5 Å². The Kier molecular flexibility index (Phi) is 8.77. The van der Waals surface area contributed by atoms with E-state index in [1.807, 2.05) is 26.8 Å². The maximum atomic E-state index is 13.7. The lowest BCUT2D eigenvalue weighted by atomic mass is 9.73. The van der Waals surface area contributed by atoms with E-state index in [9.17, 15) is 9.59 Å². The molecule has 2 N–H and O–H groups in total. The van der Waals surface area contributed by atoms with Gasteiger partial charge in [0.1, 0.15) is 5.54 Å². The summed E-state index contributed by atoms with van der Waals surface area (Å²) < 4.78 is 0. The number of allylic oxidation sites excluding steroid dienone is 1. The van der Waals surface area contributed by atoms with Crippen molar-refractivity contribution in [3.63, 3.8) is 0 Å². The predicted octanol–water partition coefficient (Wildman–Crippen LogP) is 6.20. The number of hydrogen-bond acceptors (Lipinski definition) is 3. The van der Waals surface area contributed by atoms with Crippen molar-refractivity contribution < 1.29 is 9.59 Å². The van der Waals surface area contributed by atoms with Crippen LogP contribution in [0.25, 0.3) is 11.1 Å². The maximum Gasteiger partial charge on any atom is 0.246 e. The van der Waals surface area contributed by atoms with Gasteiger partial charge in [-0.25, -0.2) is 0 Å². The van der Waals surface area contributed by atoms with E-state index in [1.165, 1.54) is 42.0 Å². The highest BCUT2D eigenvalue weighted by molar-refractivity contribution is 5.91. The number of hydrogen-bond donors (Lipinski definition) is 2. The molecule has 0 radical (unpaired) electrons. The average Bonchev–Trinajstić information content (AvgIpc) is 2.90. The molecule has 4 rings (SSSR count). The summed E-state index contributed by atoms with van der Waals surface area (Å²) in [5.41, 5.74) is 4.18. The number of nitrogens with one attached hydrogen (secondary N) is 2. The number of piperidine rings is 1. The van der Waals surface area contributed by atoms with Gasteiger partial charge in [0.2, 0.25) is 11.8 Å². The number of aryl methyl sites for hydroxylation is 1. The fourth-order valence-electron chi connectivity index (χ4n) is 6.50. The zero-order valence-electron chi connectivity index (χ0n) is 23.7. The molecule has 2 aromatic carbocycles. The summed E-state index contributed by atoms with van der Waals surface area (Å²) in [6, 6.07) is 18.0. The molecule has 0 bridgehead atoms. The van der Waals surface area contributed by atoms with Crippen LogP contribution in [0.5, 0.6) is 0 Å². The van der Waals surface area contributed by atoms with Crippen LogP contribution >= 0.6 is 0 Å². The van der Waals surface area contributed by atoms with E-state index in [2.05, 4.69) is 70.6 Å². The fraction of sp³-hybridized carbons (Fsp3) is 0.515. The summed E-state index contributed by atoms with van der Waals surface area (Å²) in [7, 11) is 0. The van der Waals surface area contributed by atoms with Crippen LogP contribution in [0.2, 0.25) is 0 Å². The topological polar surface area (TPSA) is 61.4 Å². The predicted molar refractivity (Wildman–Crippen MR) is 156 cm³/mol. The zero-order chi connectivity index (χ0) is 27.3. The van der Waals surface area contributed by atoms with Crippen LogP contribution in [0.4, 0.5) is 0 Å². The first-order chi connectivity index (χ1) is 18.1. The minimum atomic E-state index is -0.922. The fourth-order valence-corrected chi connectivity index (χ4v) is 6.50. The van der Waals surface area contributed by atoms with E-state index in [1.54, 1.807) is 0 Å². The van der Waals surface area contributed by atoms with Crippen molar-refractivity contribution in [3.05, 3.63) is 72.3 Å². The first-order valence-corrected chi connectivity index (χ1v) is 14.3.